The van der Waals surface area contributed by atoms with Crippen LogP contribution in [0, 0.1) is 0 Å². The molecule has 1 N–H and O–H groups in total. The lowest BCUT2D eigenvalue weighted by Gasteiger charge is -2.31. The lowest BCUT2D eigenvalue weighted by atomic mass is 10.0. The highest BCUT2D eigenvalue weighted by molar-refractivity contribution is 5.85. The van der Waals surface area contributed by atoms with Crippen LogP contribution in [0.25, 0.3) is 0 Å². The van der Waals surface area contributed by atoms with E-state index in [2.05, 4.69) is 12.2 Å². The number of piperidine rings is 1. The lowest BCUT2D eigenvalue weighted by molar-refractivity contribution is 0.189. The van der Waals surface area contributed by atoms with E-state index in [0.29, 0.717) is 12.1 Å². The molecular formula is C10H20ClN3O. The molecule has 0 bridgehead atoms. The van der Waals surface area contributed by atoms with Crippen molar-refractivity contribution in [3.8, 4) is 0 Å². The highest BCUT2D eigenvalue weighted by Gasteiger charge is 2.43. The molecule has 2 heterocycles. The maximum Gasteiger partial charge on any atom is 0.320 e. The molecule has 15 heavy (non-hydrogen) atoms. The molecule has 4 nitrogen and oxygen atoms in total. The Morgan fingerprint density at radius 2 is 2.20 bits per heavy atom. The van der Waals surface area contributed by atoms with Crippen LogP contribution in [0.4, 0.5) is 4.79 Å². The number of carbonyl (C=O) groups excluding carboxylic acids is 1. The summed E-state index contributed by atoms with van der Waals surface area (Å²) in [7, 11) is 1.92. The first-order valence-corrected chi connectivity index (χ1v) is 5.50. The largest absolute Gasteiger partial charge is 0.321 e. The molecule has 2 rings (SSSR count). The van der Waals surface area contributed by atoms with E-state index in [9.17, 15) is 4.79 Å². The molecule has 0 unspecified atom stereocenters. The Kier molecular flexibility index (Phi) is 4.22. The van der Waals surface area contributed by atoms with Gasteiger partial charge in [-0.1, -0.05) is 6.92 Å². The van der Waals surface area contributed by atoms with Gasteiger partial charge in [-0.25, -0.2) is 4.79 Å². The van der Waals surface area contributed by atoms with Gasteiger partial charge in [-0.3, -0.25) is 0 Å². The number of halogens is 1. The van der Waals surface area contributed by atoms with Gasteiger partial charge < -0.3 is 15.1 Å². The number of fused-ring (bicyclic) bond motifs is 1. The number of urea groups is 1. The highest BCUT2D eigenvalue weighted by atomic mass is 35.5. The van der Waals surface area contributed by atoms with Crippen LogP contribution in [0.1, 0.15) is 19.8 Å². The number of likely N-dealkylation sites (N-methyl/N-ethyl adjacent to an activating group) is 1. The van der Waals surface area contributed by atoms with Gasteiger partial charge in [0.25, 0.3) is 0 Å². The third kappa shape index (κ3) is 2.06. The van der Waals surface area contributed by atoms with E-state index >= 15 is 0 Å². The molecule has 2 saturated heterocycles. The Hall–Kier alpha value is -0.480. The summed E-state index contributed by atoms with van der Waals surface area (Å²) in [6.07, 6.45) is 2.15. The van der Waals surface area contributed by atoms with Crippen molar-refractivity contribution in [2.75, 3.05) is 26.7 Å². The molecule has 2 amide bonds. The minimum Gasteiger partial charge on any atom is -0.321 e. The van der Waals surface area contributed by atoms with E-state index in [-0.39, 0.29) is 18.4 Å². The van der Waals surface area contributed by atoms with Gasteiger partial charge in [0.05, 0.1) is 12.1 Å². The average molecular weight is 234 g/mol. The lowest BCUT2D eigenvalue weighted by Crippen LogP contribution is -2.49. The second-order valence-electron chi connectivity index (χ2n) is 4.21. The van der Waals surface area contributed by atoms with E-state index in [1.54, 1.807) is 0 Å². The standard InChI is InChI=1S/C10H19N3O.ClH/c1-3-6-13-8-4-5-11-7-9(8)12(2)10(13)14;/h8-9,11H,3-7H2,1-2H3;1H/t8-,9+;/m0./s1. The van der Waals surface area contributed by atoms with Gasteiger partial charge >= 0.3 is 6.03 Å². The number of amides is 2. The van der Waals surface area contributed by atoms with Crippen molar-refractivity contribution in [1.29, 1.82) is 0 Å². The second kappa shape index (κ2) is 5.03. The van der Waals surface area contributed by atoms with Gasteiger partial charge in [-0.2, -0.15) is 0 Å². The Bertz CT molecular complexity index is 237. The van der Waals surface area contributed by atoms with Gasteiger partial charge in [0.15, 0.2) is 0 Å². The molecule has 0 aromatic carbocycles. The topological polar surface area (TPSA) is 35.6 Å². The van der Waals surface area contributed by atoms with Gasteiger partial charge in [-0.05, 0) is 19.4 Å². The number of rotatable bonds is 2. The average Bonchev–Trinajstić information content (AvgIpc) is 2.45. The number of nitrogens with one attached hydrogen (secondary N) is 1. The fourth-order valence-electron chi connectivity index (χ4n) is 2.58. The van der Waals surface area contributed by atoms with Crippen molar-refractivity contribution < 1.29 is 4.79 Å². The molecule has 2 atom stereocenters. The van der Waals surface area contributed by atoms with Crippen LogP contribution >= 0.6 is 12.4 Å². The van der Waals surface area contributed by atoms with Crippen molar-refractivity contribution in [2.24, 2.45) is 0 Å². The smallest absolute Gasteiger partial charge is 0.320 e. The molecule has 0 saturated carbocycles. The van der Waals surface area contributed by atoms with Crippen LogP contribution < -0.4 is 5.32 Å². The molecule has 5 heteroatoms. The van der Waals surface area contributed by atoms with Crippen LogP contribution in [0.2, 0.25) is 0 Å². The summed E-state index contributed by atoms with van der Waals surface area (Å²) in [5.41, 5.74) is 0. The van der Waals surface area contributed by atoms with Gasteiger partial charge in [0.2, 0.25) is 0 Å². The first-order chi connectivity index (χ1) is 6.75. The number of carbonyl (C=O) groups is 1. The van der Waals surface area contributed by atoms with Crippen molar-refractivity contribution in [3.63, 3.8) is 0 Å². The maximum absolute atomic E-state index is 11.9. The Morgan fingerprint density at radius 3 is 2.87 bits per heavy atom. The molecule has 88 valence electrons. The zero-order valence-electron chi connectivity index (χ0n) is 9.40. The van der Waals surface area contributed by atoms with Crippen LogP contribution in [0.15, 0.2) is 0 Å². The summed E-state index contributed by atoms with van der Waals surface area (Å²) in [6.45, 7) is 5.03. The molecule has 0 aliphatic carbocycles. The van der Waals surface area contributed by atoms with Gasteiger partial charge in [-0.15, -0.1) is 12.4 Å². The van der Waals surface area contributed by atoms with E-state index < -0.39 is 0 Å². The first-order valence-electron chi connectivity index (χ1n) is 5.50. The molecule has 0 aromatic rings. The molecule has 2 fully saturated rings. The van der Waals surface area contributed by atoms with Crippen LogP contribution in [0.5, 0.6) is 0 Å². The van der Waals surface area contributed by atoms with E-state index in [1.165, 1.54) is 0 Å². The van der Waals surface area contributed by atoms with E-state index in [4.69, 9.17) is 0 Å². The van der Waals surface area contributed by atoms with Crippen LogP contribution in [0.3, 0.4) is 0 Å². The minimum absolute atomic E-state index is 0. The molecular weight excluding hydrogens is 214 g/mol. The first kappa shape index (κ1) is 12.6. The Morgan fingerprint density at radius 1 is 1.47 bits per heavy atom. The van der Waals surface area contributed by atoms with Gasteiger partial charge in [0, 0.05) is 20.1 Å². The second-order valence-corrected chi connectivity index (χ2v) is 4.21. The van der Waals surface area contributed by atoms with Crippen molar-refractivity contribution in [3.05, 3.63) is 0 Å². The van der Waals surface area contributed by atoms with Crippen molar-refractivity contribution in [1.82, 2.24) is 15.1 Å². The summed E-state index contributed by atoms with van der Waals surface area (Å²) < 4.78 is 0. The molecule has 2 aliphatic heterocycles. The SMILES string of the molecule is CCCN1C(=O)N(C)[C@@H]2CNCC[C@@H]21.Cl. The number of hydrogen-bond acceptors (Lipinski definition) is 2. The normalized spacial score (nSPS) is 30.1. The molecule has 0 radical (unpaired) electrons. The minimum atomic E-state index is 0. The van der Waals surface area contributed by atoms with E-state index in [0.717, 1.165) is 32.5 Å². The number of nitrogens with zero attached hydrogens (tertiary/aromatic N) is 2. The summed E-state index contributed by atoms with van der Waals surface area (Å²) in [5, 5.41) is 3.35. The third-order valence-corrected chi connectivity index (χ3v) is 3.32. The van der Waals surface area contributed by atoms with E-state index in [1.807, 2.05) is 16.8 Å². The Balaban J connectivity index is 0.00000112. The van der Waals surface area contributed by atoms with Crippen LogP contribution in [-0.4, -0.2) is 54.6 Å². The van der Waals surface area contributed by atoms with Crippen molar-refractivity contribution in [2.45, 2.75) is 31.8 Å². The summed E-state index contributed by atoms with van der Waals surface area (Å²) in [6, 6.07) is 1.06. The summed E-state index contributed by atoms with van der Waals surface area (Å²) >= 11 is 0. The zero-order valence-corrected chi connectivity index (χ0v) is 10.2. The maximum atomic E-state index is 11.9. The fourth-order valence-corrected chi connectivity index (χ4v) is 2.58. The highest BCUT2D eigenvalue weighted by Crippen LogP contribution is 2.25. The zero-order chi connectivity index (χ0) is 10.1. The summed E-state index contributed by atoms with van der Waals surface area (Å²) in [4.78, 5) is 15.8. The van der Waals surface area contributed by atoms with Gasteiger partial charge in [0.1, 0.15) is 0 Å². The predicted octanol–water partition coefficient (Wildman–Crippen LogP) is 0.916. The summed E-state index contributed by atoms with van der Waals surface area (Å²) in [5.74, 6) is 0. The predicted molar refractivity (Wildman–Crippen MR) is 62.5 cm³/mol. The molecule has 2 aliphatic rings. The van der Waals surface area contributed by atoms with Crippen LogP contribution in [-0.2, 0) is 0 Å². The number of hydrogen-bond donors (Lipinski definition) is 1. The quantitative estimate of drug-likeness (QED) is 0.770. The molecule has 0 aromatic heterocycles. The third-order valence-electron chi connectivity index (χ3n) is 3.32. The fraction of sp³-hybridized carbons (Fsp3) is 0.900. The van der Waals surface area contributed by atoms with Crippen molar-refractivity contribution >= 4 is 18.4 Å². The Labute approximate surface area is 97.4 Å². The monoisotopic (exact) mass is 233 g/mol. The molecule has 0 spiro atoms.